The van der Waals surface area contributed by atoms with Crippen LogP contribution >= 0.6 is 11.8 Å². The van der Waals surface area contributed by atoms with E-state index < -0.39 is 6.10 Å². The number of anilines is 3. The molecule has 6 nitrogen and oxygen atoms in total. The SMILES string of the molecule is COc1cc(C2Oc3ccccc3N=C(N3c4ccccc4Sc4ccccc43)C2CNc2ccccc2)ccc1O. The lowest BCUT2D eigenvalue weighted by Crippen LogP contribution is -2.41. The third-order valence-electron chi connectivity index (χ3n) is 7.54. The molecule has 7 rings (SSSR count). The zero-order valence-corrected chi connectivity index (χ0v) is 23.8. The Balaban J connectivity index is 1.45. The van der Waals surface area contributed by atoms with Gasteiger partial charge in [0.25, 0.3) is 0 Å². The van der Waals surface area contributed by atoms with Crippen LogP contribution < -0.4 is 19.7 Å². The fraction of sp³-hybridized carbons (Fsp3) is 0.114. The van der Waals surface area contributed by atoms with Crippen LogP contribution in [0.2, 0.25) is 0 Å². The van der Waals surface area contributed by atoms with Gasteiger partial charge in [-0.2, -0.15) is 0 Å². The van der Waals surface area contributed by atoms with E-state index in [-0.39, 0.29) is 11.7 Å². The topological polar surface area (TPSA) is 66.3 Å². The Labute approximate surface area is 249 Å². The summed E-state index contributed by atoms with van der Waals surface area (Å²) in [5.74, 6) is 1.78. The molecule has 0 spiro atoms. The van der Waals surface area contributed by atoms with Crippen molar-refractivity contribution in [1.29, 1.82) is 0 Å². The number of para-hydroxylation sites is 5. The lowest BCUT2D eigenvalue weighted by atomic mass is 9.92. The first-order valence-electron chi connectivity index (χ1n) is 13.9. The fourth-order valence-corrected chi connectivity index (χ4v) is 6.59. The van der Waals surface area contributed by atoms with Crippen LogP contribution in [0.1, 0.15) is 11.7 Å². The van der Waals surface area contributed by atoms with Crippen molar-refractivity contribution in [2.75, 3.05) is 23.9 Å². The first kappa shape index (κ1) is 26.0. The van der Waals surface area contributed by atoms with E-state index in [0.29, 0.717) is 18.0 Å². The summed E-state index contributed by atoms with van der Waals surface area (Å²) in [6.45, 7) is 0.540. The van der Waals surface area contributed by atoms with Crippen molar-refractivity contribution in [3.63, 3.8) is 0 Å². The Morgan fingerprint density at radius 3 is 2.24 bits per heavy atom. The van der Waals surface area contributed by atoms with Gasteiger partial charge in [-0.25, -0.2) is 4.99 Å². The van der Waals surface area contributed by atoms with E-state index >= 15 is 0 Å². The third-order valence-corrected chi connectivity index (χ3v) is 8.68. The number of hydrogen-bond donors (Lipinski definition) is 2. The number of fused-ring (bicyclic) bond motifs is 3. The average Bonchev–Trinajstić information content (AvgIpc) is 3.20. The number of phenols is 1. The number of phenolic OH excluding ortho intramolecular Hbond substituents is 1. The highest BCUT2D eigenvalue weighted by Gasteiger charge is 2.39. The predicted octanol–water partition coefficient (Wildman–Crippen LogP) is 8.60. The largest absolute Gasteiger partial charge is 0.504 e. The molecule has 0 saturated heterocycles. The molecule has 0 amide bonds. The molecule has 0 fully saturated rings. The van der Waals surface area contributed by atoms with Crippen molar-refractivity contribution in [2.45, 2.75) is 15.9 Å². The highest BCUT2D eigenvalue weighted by Crippen LogP contribution is 2.51. The number of amidine groups is 1. The Kier molecular flexibility index (Phi) is 6.93. The van der Waals surface area contributed by atoms with E-state index in [1.165, 1.54) is 0 Å². The molecule has 0 saturated carbocycles. The molecule has 0 bridgehead atoms. The summed E-state index contributed by atoms with van der Waals surface area (Å²) in [5, 5.41) is 14.1. The van der Waals surface area contributed by atoms with Gasteiger partial charge in [0.2, 0.25) is 0 Å². The van der Waals surface area contributed by atoms with Crippen LogP contribution in [-0.4, -0.2) is 24.6 Å². The van der Waals surface area contributed by atoms with Gasteiger partial charge in [-0.3, -0.25) is 4.90 Å². The molecule has 42 heavy (non-hydrogen) atoms. The summed E-state index contributed by atoms with van der Waals surface area (Å²) in [5.41, 5.74) is 4.80. The quantitative estimate of drug-likeness (QED) is 0.220. The Hall–Kier alpha value is -4.88. The average molecular weight is 572 g/mol. The molecule has 5 aromatic rings. The maximum atomic E-state index is 10.4. The first-order chi connectivity index (χ1) is 20.7. The maximum Gasteiger partial charge on any atom is 0.160 e. The van der Waals surface area contributed by atoms with Crippen LogP contribution in [0.5, 0.6) is 17.2 Å². The summed E-state index contributed by atoms with van der Waals surface area (Å²) in [6, 6.07) is 40.4. The molecule has 0 aromatic heterocycles. The normalized spacial score (nSPS) is 17.1. The van der Waals surface area contributed by atoms with Gasteiger partial charge < -0.3 is 19.9 Å². The van der Waals surface area contributed by atoms with Gasteiger partial charge in [-0.05, 0) is 66.2 Å². The number of methoxy groups -OCH3 is 1. The van der Waals surface area contributed by atoms with E-state index in [2.05, 4.69) is 70.9 Å². The number of ether oxygens (including phenoxy) is 2. The monoisotopic (exact) mass is 571 g/mol. The van der Waals surface area contributed by atoms with Crippen molar-refractivity contribution in [3.8, 4) is 17.2 Å². The lowest BCUT2D eigenvalue weighted by molar-refractivity contribution is 0.174. The molecule has 2 atom stereocenters. The number of hydrogen-bond acceptors (Lipinski definition) is 7. The van der Waals surface area contributed by atoms with Gasteiger partial charge in [-0.15, -0.1) is 0 Å². The molecular weight excluding hydrogens is 542 g/mol. The Bertz CT molecular complexity index is 1730. The van der Waals surface area contributed by atoms with Crippen LogP contribution in [0.25, 0.3) is 0 Å². The van der Waals surface area contributed by atoms with Gasteiger partial charge in [0.05, 0.1) is 24.4 Å². The van der Waals surface area contributed by atoms with E-state index in [9.17, 15) is 5.11 Å². The van der Waals surface area contributed by atoms with Crippen LogP contribution in [-0.2, 0) is 0 Å². The molecule has 208 valence electrons. The van der Waals surface area contributed by atoms with Crippen LogP contribution in [0, 0.1) is 5.92 Å². The molecule has 2 aliphatic heterocycles. The molecule has 2 unspecified atom stereocenters. The van der Waals surface area contributed by atoms with Crippen molar-refractivity contribution in [3.05, 3.63) is 127 Å². The minimum atomic E-state index is -0.452. The number of aliphatic imine (C=N–C) groups is 1. The van der Waals surface area contributed by atoms with Crippen molar-refractivity contribution in [2.24, 2.45) is 10.9 Å². The maximum absolute atomic E-state index is 10.4. The van der Waals surface area contributed by atoms with Gasteiger partial charge >= 0.3 is 0 Å². The smallest absolute Gasteiger partial charge is 0.160 e. The molecule has 2 aliphatic rings. The fourth-order valence-electron chi connectivity index (χ4n) is 5.53. The molecule has 2 heterocycles. The summed E-state index contributed by atoms with van der Waals surface area (Å²) < 4.78 is 12.4. The lowest BCUT2D eigenvalue weighted by Gasteiger charge is -2.38. The van der Waals surface area contributed by atoms with E-state index in [1.807, 2.05) is 54.6 Å². The molecule has 7 heteroatoms. The summed E-state index contributed by atoms with van der Waals surface area (Å²) in [6.07, 6.45) is -0.452. The Morgan fingerprint density at radius 2 is 1.50 bits per heavy atom. The molecule has 0 radical (unpaired) electrons. The second-order valence-electron chi connectivity index (χ2n) is 10.1. The van der Waals surface area contributed by atoms with E-state index in [4.69, 9.17) is 14.5 Å². The van der Waals surface area contributed by atoms with Gasteiger partial charge in [0.1, 0.15) is 23.4 Å². The van der Waals surface area contributed by atoms with Crippen molar-refractivity contribution < 1.29 is 14.6 Å². The minimum Gasteiger partial charge on any atom is -0.504 e. The van der Waals surface area contributed by atoms with E-state index in [0.717, 1.165) is 43.9 Å². The number of aromatic hydroxyl groups is 1. The zero-order valence-electron chi connectivity index (χ0n) is 23.0. The molecule has 5 aromatic carbocycles. The second kappa shape index (κ2) is 11.2. The van der Waals surface area contributed by atoms with Gasteiger partial charge in [-0.1, -0.05) is 72.4 Å². The number of nitrogens with one attached hydrogen (secondary N) is 1. The Morgan fingerprint density at radius 1 is 0.833 bits per heavy atom. The summed E-state index contributed by atoms with van der Waals surface area (Å²) in [4.78, 5) is 9.99. The van der Waals surface area contributed by atoms with E-state index in [1.54, 1.807) is 24.9 Å². The van der Waals surface area contributed by atoms with Crippen LogP contribution in [0.4, 0.5) is 22.7 Å². The highest BCUT2D eigenvalue weighted by molar-refractivity contribution is 7.99. The zero-order chi connectivity index (χ0) is 28.5. The molecule has 0 aliphatic carbocycles. The van der Waals surface area contributed by atoms with Gasteiger partial charge in [0.15, 0.2) is 11.5 Å². The second-order valence-corrected chi connectivity index (χ2v) is 11.2. The number of nitrogens with zero attached hydrogens (tertiary/aromatic N) is 2. The van der Waals surface area contributed by atoms with Crippen molar-refractivity contribution >= 4 is 40.3 Å². The van der Waals surface area contributed by atoms with Crippen molar-refractivity contribution in [1.82, 2.24) is 0 Å². The molecule has 2 N–H and O–H groups in total. The van der Waals surface area contributed by atoms with Crippen LogP contribution in [0.3, 0.4) is 0 Å². The number of benzene rings is 5. The predicted molar refractivity (Wildman–Crippen MR) is 169 cm³/mol. The highest BCUT2D eigenvalue weighted by atomic mass is 32.2. The number of rotatable bonds is 5. The minimum absolute atomic E-state index is 0.0824. The first-order valence-corrected chi connectivity index (χ1v) is 14.7. The standard InChI is InChI=1S/C35H29N3O3S/c1-40-31-21-23(19-20-29(31)39)34-25(22-36-24-11-3-2-4-12-24)35(37-26-13-5-8-16-30(26)41-34)38-27-14-6-9-17-32(27)42-33-18-10-7-15-28(33)38/h2-21,25,34,36,39H,22H2,1H3. The third kappa shape index (κ3) is 4.82. The molecular formula is C35H29N3O3S. The summed E-state index contributed by atoms with van der Waals surface area (Å²) in [7, 11) is 1.56. The summed E-state index contributed by atoms with van der Waals surface area (Å²) >= 11 is 1.77. The van der Waals surface area contributed by atoms with Crippen LogP contribution in [0.15, 0.2) is 136 Å². The van der Waals surface area contributed by atoms with Gasteiger partial charge in [0, 0.05) is 22.0 Å².